The molecule has 1 fully saturated rings. The van der Waals surface area contributed by atoms with Gasteiger partial charge in [0, 0.05) is 9.75 Å². The summed E-state index contributed by atoms with van der Waals surface area (Å²) in [5.41, 5.74) is 0. The van der Waals surface area contributed by atoms with Crippen molar-refractivity contribution in [2.75, 3.05) is 0 Å². The van der Waals surface area contributed by atoms with Gasteiger partial charge in [0.05, 0.1) is 0 Å². The van der Waals surface area contributed by atoms with Crippen molar-refractivity contribution < 1.29 is 0 Å². The molecular weight excluding hydrogens is 143 g/mol. The van der Waals surface area contributed by atoms with Crippen molar-refractivity contribution in [3.63, 3.8) is 0 Å². The van der Waals surface area contributed by atoms with Crippen LogP contribution in [-0.4, -0.2) is 9.75 Å². The van der Waals surface area contributed by atoms with Crippen molar-refractivity contribution >= 4 is 23.2 Å². The molecule has 0 saturated heterocycles. The number of hydrogen-bond acceptors (Lipinski definition) is 0. The SMILES string of the molecule is CC1(Cl)CC(C)(Cl)C1. The summed E-state index contributed by atoms with van der Waals surface area (Å²) in [6.45, 7) is 4.05. The fourth-order valence-corrected chi connectivity index (χ4v) is 2.80. The summed E-state index contributed by atoms with van der Waals surface area (Å²) in [4.78, 5) is -0.00694. The first-order valence-electron chi connectivity index (χ1n) is 2.79. The highest BCUT2D eigenvalue weighted by Gasteiger charge is 2.46. The van der Waals surface area contributed by atoms with E-state index >= 15 is 0 Å². The standard InChI is InChI=1S/C6H10Cl2/c1-5(7)3-6(2,8)4-5/h3-4H2,1-2H3. The number of rotatable bonds is 0. The van der Waals surface area contributed by atoms with E-state index in [0.29, 0.717) is 0 Å². The van der Waals surface area contributed by atoms with E-state index < -0.39 is 0 Å². The first-order chi connectivity index (χ1) is 3.41. The second-order valence-corrected chi connectivity index (χ2v) is 5.01. The van der Waals surface area contributed by atoms with Gasteiger partial charge in [-0.15, -0.1) is 23.2 Å². The number of alkyl halides is 2. The van der Waals surface area contributed by atoms with Crippen LogP contribution in [0.3, 0.4) is 0 Å². The van der Waals surface area contributed by atoms with E-state index in [1.807, 2.05) is 13.8 Å². The fourth-order valence-electron chi connectivity index (χ4n) is 1.49. The van der Waals surface area contributed by atoms with Crippen LogP contribution in [0.5, 0.6) is 0 Å². The molecular formula is C6H10Cl2. The van der Waals surface area contributed by atoms with E-state index in [9.17, 15) is 0 Å². The Morgan fingerprint density at radius 3 is 1.25 bits per heavy atom. The first kappa shape index (κ1) is 6.70. The van der Waals surface area contributed by atoms with E-state index in [1.165, 1.54) is 0 Å². The van der Waals surface area contributed by atoms with Gasteiger partial charge in [0.25, 0.3) is 0 Å². The molecule has 0 bridgehead atoms. The second-order valence-electron chi connectivity index (χ2n) is 3.18. The molecule has 0 nitrogen and oxygen atoms in total. The second kappa shape index (κ2) is 1.54. The zero-order valence-corrected chi connectivity index (χ0v) is 6.68. The van der Waals surface area contributed by atoms with Crippen molar-refractivity contribution in [3.05, 3.63) is 0 Å². The normalized spacial score (nSPS) is 55.5. The van der Waals surface area contributed by atoms with Gasteiger partial charge < -0.3 is 0 Å². The van der Waals surface area contributed by atoms with Gasteiger partial charge in [-0.3, -0.25) is 0 Å². The van der Waals surface area contributed by atoms with Crippen LogP contribution in [0.15, 0.2) is 0 Å². The Morgan fingerprint density at radius 2 is 1.25 bits per heavy atom. The highest BCUT2D eigenvalue weighted by atomic mass is 35.5. The summed E-state index contributed by atoms with van der Waals surface area (Å²) in [6.07, 6.45) is 1.87. The molecule has 0 atom stereocenters. The third-order valence-corrected chi connectivity index (χ3v) is 2.01. The molecule has 0 aromatic carbocycles. The van der Waals surface area contributed by atoms with Gasteiger partial charge in [0.2, 0.25) is 0 Å². The summed E-state index contributed by atoms with van der Waals surface area (Å²) in [6, 6.07) is 0. The Bertz CT molecular complexity index is 83.1. The fraction of sp³-hybridized carbons (Fsp3) is 1.00. The minimum atomic E-state index is -0.00347. The molecule has 1 saturated carbocycles. The van der Waals surface area contributed by atoms with Crippen molar-refractivity contribution in [3.8, 4) is 0 Å². The highest BCUT2D eigenvalue weighted by Crippen LogP contribution is 2.49. The Labute approximate surface area is 60.2 Å². The molecule has 0 heterocycles. The molecule has 1 aliphatic rings. The molecule has 1 aliphatic carbocycles. The molecule has 0 spiro atoms. The molecule has 0 amide bonds. The summed E-state index contributed by atoms with van der Waals surface area (Å²) in [7, 11) is 0. The van der Waals surface area contributed by atoms with E-state index in [-0.39, 0.29) is 9.75 Å². The maximum absolute atomic E-state index is 5.90. The lowest BCUT2D eigenvalue weighted by molar-refractivity contribution is 0.293. The average Bonchev–Trinajstić information content (AvgIpc) is 1.20. The van der Waals surface area contributed by atoms with Crippen LogP contribution in [0.25, 0.3) is 0 Å². The Kier molecular flexibility index (Phi) is 1.29. The smallest absolute Gasteiger partial charge is 0.0452 e. The maximum Gasteiger partial charge on any atom is 0.0452 e. The number of hydrogen-bond donors (Lipinski definition) is 0. The summed E-state index contributed by atoms with van der Waals surface area (Å²) >= 11 is 11.8. The van der Waals surface area contributed by atoms with Crippen LogP contribution in [0.4, 0.5) is 0 Å². The molecule has 0 N–H and O–H groups in total. The lowest BCUT2D eigenvalue weighted by atomic mass is 9.76. The summed E-state index contributed by atoms with van der Waals surface area (Å²) < 4.78 is 0. The van der Waals surface area contributed by atoms with Crippen LogP contribution < -0.4 is 0 Å². The molecule has 0 aliphatic heterocycles. The number of halogens is 2. The maximum atomic E-state index is 5.90. The van der Waals surface area contributed by atoms with Crippen LogP contribution in [0.2, 0.25) is 0 Å². The third kappa shape index (κ3) is 1.29. The third-order valence-electron chi connectivity index (χ3n) is 1.47. The zero-order chi connectivity index (χ0) is 6.41. The van der Waals surface area contributed by atoms with Crippen LogP contribution in [-0.2, 0) is 0 Å². The highest BCUT2D eigenvalue weighted by molar-refractivity contribution is 6.30. The van der Waals surface area contributed by atoms with Crippen LogP contribution >= 0.6 is 23.2 Å². The largest absolute Gasteiger partial charge is 0.119 e. The van der Waals surface area contributed by atoms with Gasteiger partial charge in [0.15, 0.2) is 0 Å². The molecule has 8 heavy (non-hydrogen) atoms. The average molecular weight is 153 g/mol. The minimum absolute atomic E-state index is 0.00347. The van der Waals surface area contributed by atoms with Gasteiger partial charge in [-0.2, -0.15) is 0 Å². The van der Waals surface area contributed by atoms with Gasteiger partial charge in [-0.1, -0.05) is 0 Å². The zero-order valence-electron chi connectivity index (χ0n) is 5.17. The monoisotopic (exact) mass is 152 g/mol. The van der Waals surface area contributed by atoms with Gasteiger partial charge in [-0.25, -0.2) is 0 Å². The van der Waals surface area contributed by atoms with Crippen LogP contribution in [0.1, 0.15) is 26.7 Å². The van der Waals surface area contributed by atoms with Gasteiger partial charge in [0.1, 0.15) is 0 Å². The minimum Gasteiger partial charge on any atom is -0.119 e. The van der Waals surface area contributed by atoms with Crippen molar-refractivity contribution in [1.82, 2.24) is 0 Å². The van der Waals surface area contributed by atoms with E-state index in [0.717, 1.165) is 12.8 Å². The lowest BCUT2D eigenvalue weighted by Crippen LogP contribution is -2.45. The molecule has 2 heteroatoms. The molecule has 48 valence electrons. The van der Waals surface area contributed by atoms with Gasteiger partial charge >= 0.3 is 0 Å². The van der Waals surface area contributed by atoms with E-state index in [1.54, 1.807) is 0 Å². The predicted octanol–water partition coefficient (Wildman–Crippen LogP) is 2.78. The summed E-state index contributed by atoms with van der Waals surface area (Å²) in [5, 5.41) is 0. The Morgan fingerprint density at radius 1 is 1.00 bits per heavy atom. The first-order valence-corrected chi connectivity index (χ1v) is 3.55. The van der Waals surface area contributed by atoms with Crippen molar-refractivity contribution in [2.24, 2.45) is 0 Å². The molecule has 0 unspecified atom stereocenters. The molecule has 1 rings (SSSR count). The van der Waals surface area contributed by atoms with E-state index in [2.05, 4.69) is 0 Å². The van der Waals surface area contributed by atoms with Gasteiger partial charge in [-0.05, 0) is 26.7 Å². The summed E-state index contributed by atoms with van der Waals surface area (Å²) in [5.74, 6) is 0. The van der Waals surface area contributed by atoms with Crippen molar-refractivity contribution in [2.45, 2.75) is 36.4 Å². The Balaban J connectivity index is 2.42. The topological polar surface area (TPSA) is 0 Å². The lowest BCUT2D eigenvalue weighted by Gasteiger charge is -2.44. The molecule has 0 aromatic heterocycles. The van der Waals surface area contributed by atoms with Crippen LogP contribution in [0, 0.1) is 0 Å². The quantitative estimate of drug-likeness (QED) is 0.469. The molecule has 0 radical (unpaired) electrons. The molecule has 0 aromatic rings. The van der Waals surface area contributed by atoms with Crippen molar-refractivity contribution in [1.29, 1.82) is 0 Å². The Hall–Kier alpha value is 0.580. The predicted molar refractivity (Wildman–Crippen MR) is 37.8 cm³/mol. The van der Waals surface area contributed by atoms with E-state index in [4.69, 9.17) is 23.2 Å².